The lowest BCUT2D eigenvalue weighted by Crippen LogP contribution is -2.44. The number of amides is 1. The molecule has 2 rings (SSSR count). The number of rotatable bonds is 3. The first kappa shape index (κ1) is 12.5. The van der Waals surface area contributed by atoms with Crippen molar-refractivity contribution in [3.8, 4) is 0 Å². The molecule has 1 aliphatic heterocycles. The highest BCUT2D eigenvalue weighted by atomic mass is 32.1. The van der Waals surface area contributed by atoms with Crippen LogP contribution in [0.2, 0.25) is 0 Å². The molecule has 0 aliphatic carbocycles. The summed E-state index contributed by atoms with van der Waals surface area (Å²) in [5.74, 6) is 0.239. The third-order valence-corrected chi connectivity index (χ3v) is 4.26. The zero-order chi connectivity index (χ0) is 12.5. The molecule has 2 N–H and O–H groups in total. The fourth-order valence-corrected chi connectivity index (χ4v) is 2.81. The van der Waals surface area contributed by atoms with Crippen molar-refractivity contribution >= 4 is 17.2 Å². The molecule has 1 saturated heterocycles. The van der Waals surface area contributed by atoms with Crippen molar-refractivity contribution in [2.24, 2.45) is 5.92 Å². The average Bonchev–Trinajstić information content (AvgIpc) is 2.86. The molecule has 1 atom stereocenters. The number of hydrogen-bond donors (Lipinski definition) is 2. The van der Waals surface area contributed by atoms with E-state index in [1.165, 1.54) is 4.88 Å². The fraction of sp³-hybridized carbons (Fsp3) is 0.667. The van der Waals surface area contributed by atoms with Crippen LogP contribution in [0, 0.1) is 12.8 Å². The van der Waals surface area contributed by atoms with E-state index in [0.29, 0.717) is 0 Å². The quantitative estimate of drug-likeness (QED) is 0.856. The van der Waals surface area contributed by atoms with Crippen LogP contribution in [-0.4, -0.2) is 24.0 Å². The van der Waals surface area contributed by atoms with Crippen molar-refractivity contribution < 1.29 is 4.79 Å². The number of aromatic nitrogens is 1. The number of nitrogens with one attached hydrogen (secondary N) is 2. The Bertz CT molecular complexity index is 408. The number of nitrogens with zero attached hydrogens (tertiary/aromatic N) is 1. The van der Waals surface area contributed by atoms with E-state index in [0.717, 1.165) is 24.5 Å². The van der Waals surface area contributed by atoms with Gasteiger partial charge in [-0.25, -0.2) is 4.98 Å². The van der Waals surface area contributed by atoms with E-state index < -0.39 is 0 Å². The van der Waals surface area contributed by atoms with Gasteiger partial charge in [-0.3, -0.25) is 4.79 Å². The van der Waals surface area contributed by atoms with Gasteiger partial charge in [-0.15, -0.1) is 11.3 Å². The van der Waals surface area contributed by atoms with Crippen LogP contribution in [0.4, 0.5) is 0 Å². The summed E-state index contributed by atoms with van der Waals surface area (Å²) in [6.07, 6.45) is 2.78. The highest BCUT2D eigenvalue weighted by Gasteiger charge is 2.30. The maximum atomic E-state index is 12.1. The summed E-state index contributed by atoms with van der Waals surface area (Å²) >= 11 is 1.64. The summed E-state index contributed by atoms with van der Waals surface area (Å²) in [6.45, 7) is 7.77. The van der Waals surface area contributed by atoms with Gasteiger partial charge in [0, 0.05) is 17.6 Å². The van der Waals surface area contributed by atoms with Gasteiger partial charge in [0.25, 0.3) is 0 Å². The Hall–Kier alpha value is -0.940. The first-order valence-electron chi connectivity index (χ1n) is 5.95. The molecular weight excluding hydrogens is 234 g/mol. The van der Waals surface area contributed by atoms with Crippen molar-refractivity contribution in [3.05, 3.63) is 16.1 Å². The minimum absolute atomic E-state index is 0.107. The van der Waals surface area contributed by atoms with E-state index in [2.05, 4.69) is 15.6 Å². The first-order valence-corrected chi connectivity index (χ1v) is 6.76. The van der Waals surface area contributed by atoms with Gasteiger partial charge in [0.15, 0.2) is 0 Å². The largest absolute Gasteiger partial charge is 0.344 e. The molecule has 2 heterocycles. The SMILES string of the molecule is Cc1cnc(C(C)(C)NC(=O)C2CCNC2)s1. The Kier molecular flexibility index (Phi) is 3.49. The summed E-state index contributed by atoms with van der Waals surface area (Å²) in [4.78, 5) is 17.6. The van der Waals surface area contributed by atoms with Gasteiger partial charge in [0.05, 0.1) is 11.5 Å². The third-order valence-electron chi connectivity index (χ3n) is 3.02. The Labute approximate surface area is 106 Å². The molecule has 0 radical (unpaired) electrons. The average molecular weight is 253 g/mol. The lowest BCUT2D eigenvalue weighted by molar-refractivity contribution is -0.126. The number of carbonyl (C=O) groups is 1. The Morgan fingerprint density at radius 1 is 1.65 bits per heavy atom. The number of carbonyl (C=O) groups excluding carboxylic acids is 1. The number of hydrogen-bond acceptors (Lipinski definition) is 4. The molecule has 0 saturated carbocycles. The molecular formula is C12H19N3OS. The van der Waals surface area contributed by atoms with Gasteiger partial charge in [0.2, 0.25) is 5.91 Å². The highest BCUT2D eigenvalue weighted by Crippen LogP contribution is 2.25. The monoisotopic (exact) mass is 253 g/mol. The zero-order valence-electron chi connectivity index (χ0n) is 10.5. The van der Waals surface area contributed by atoms with E-state index in [1.807, 2.05) is 27.0 Å². The molecule has 4 nitrogen and oxygen atoms in total. The summed E-state index contributed by atoms with van der Waals surface area (Å²) in [6, 6.07) is 0. The Morgan fingerprint density at radius 3 is 2.94 bits per heavy atom. The molecule has 17 heavy (non-hydrogen) atoms. The van der Waals surface area contributed by atoms with E-state index in [1.54, 1.807) is 11.3 Å². The van der Waals surface area contributed by atoms with Crippen molar-refractivity contribution in [2.75, 3.05) is 13.1 Å². The van der Waals surface area contributed by atoms with Crippen molar-refractivity contribution in [1.29, 1.82) is 0 Å². The second kappa shape index (κ2) is 4.74. The van der Waals surface area contributed by atoms with Crippen molar-refractivity contribution in [1.82, 2.24) is 15.6 Å². The van der Waals surface area contributed by atoms with Crippen molar-refractivity contribution in [3.63, 3.8) is 0 Å². The van der Waals surface area contributed by atoms with Crippen LogP contribution in [-0.2, 0) is 10.3 Å². The summed E-state index contributed by atoms with van der Waals surface area (Å²) in [7, 11) is 0. The summed E-state index contributed by atoms with van der Waals surface area (Å²) in [5, 5.41) is 7.27. The van der Waals surface area contributed by atoms with Crippen LogP contribution in [0.1, 0.15) is 30.2 Å². The Morgan fingerprint density at radius 2 is 2.41 bits per heavy atom. The topological polar surface area (TPSA) is 54.0 Å². The summed E-state index contributed by atoms with van der Waals surface area (Å²) < 4.78 is 0. The second-order valence-corrected chi connectivity index (χ2v) is 6.31. The molecule has 1 aromatic heterocycles. The molecule has 1 aliphatic rings. The second-order valence-electron chi connectivity index (χ2n) is 5.08. The molecule has 1 amide bonds. The molecule has 1 fully saturated rings. The summed E-state index contributed by atoms with van der Waals surface area (Å²) in [5.41, 5.74) is -0.376. The number of aryl methyl sites for hydroxylation is 1. The van der Waals surface area contributed by atoms with Crippen LogP contribution < -0.4 is 10.6 Å². The predicted molar refractivity (Wildman–Crippen MR) is 69.0 cm³/mol. The molecule has 5 heteroatoms. The van der Waals surface area contributed by atoms with E-state index >= 15 is 0 Å². The highest BCUT2D eigenvalue weighted by molar-refractivity contribution is 7.11. The Balaban J connectivity index is 2.03. The van der Waals surface area contributed by atoms with Gasteiger partial charge in [-0.1, -0.05) is 0 Å². The van der Waals surface area contributed by atoms with E-state index in [9.17, 15) is 4.79 Å². The van der Waals surface area contributed by atoms with E-state index in [4.69, 9.17) is 0 Å². The van der Waals surface area contributed by atoms with Crippen LogP contribution in [0.25, 0.3) is 0 Å². The van der Waals surface area contributed by atoms with Gasteiger partial charge in [-0.2, -0.15) is 0 Å². The van der Waals surface area contributed by atoms with Crippen molar-refractivity contribution in [2.45, 2.75) is 32.7 Å². The maximum Gasteiger partial charge on any atom is 0.225 e. The van der Waals surface area contributed by atoms with Gasteiger partial charge in [-0.05, 0) is 33.7 Å². The predicted octanol–water partition coefficient (Wildman–Crippen LogP) is 1.41. The van der Waals surface area contributed by atoms with Gasteiger partial charge >= 0.3 is 0 Å². The molecule has 0 aromatic carbocycles. The lowest BCUT2D eigenvalue weighted by Gasteiger charge is -2.25. The minimum atomic E-state index is -0.376. The number of thiazole rings is 1. The molecule has 1 unspecified atom stereocenters. The normalized spacial score (nSPS) is 20.5. The van der Waals surface area contributed by atoms with Crippen LogP contribution in [0.5, 0.6) is 0 Å². The fourth-order valence-electron chi connectivity index (χ4n) is 1.99. The van der Waals surface area contributed by atoms with Crippen LogP contribution in [0.3, 0.4) is 0 Å². The standard InChI is InChI=1S/C12H19N3OS/c1-8-6-14-11(17-8)12(2,3)15-10(16)9-4-5-13-7-9/h6,9,13H,4-5,7H2,1-3H3,(H,15,16). The maximum absolute atomic E-state index is 12.1. The molecule has 1 aromatic rings. The van der Waals surface area contributed by atoms with Gasteiger partial charge in [0.1, 0.15) is 5.01 Å². The first-order chi connectivity index (χ1) is 7.99. The molecule has 94 valence electrons. The zero-order valence-corrected chi connectivity index (χ0v) is 11.4. The van der Waals surface area contributed by atoms with Crippen LogP contribution >= 0.6 is 11.3 Å². The van der Waals surface area contributed by atoms with E-state index in [-0.39, 0.29) is 17.4 Å². The lowest BCUT2D eigenvalue weighted by atomic mass is 10.0. The van der Waals surface area contributed by atoms with Gasteiger partial charge < -0.3 is 10.6 Å². The molecule has 0 spiro atoms. The van der Waals surface area contributed by atoms with Crippen LogP contribution in [0.15, 0.2) is 6.20 Å². The minimum Gasteiger partial charge on any atom is -0.344 e. The molecule has 0 bridgehead atoms. The third kappa shape index (κ3) is 2.84. The smallest absolute Gasteiger partial charge is 0.225 e.